The number of urea groups is 1. The van der Waals surface area contributed by atoms with Gasteiger partial charge in [-0.1, -0.05) is 82.2 Å². The van der Waals surface area contributed by atoms with Crippen LogP contribution in [-0.4, -0.2) is 75.9 Å². The third-order valence-corrected chi connectivity index (χ3v) is 7.19. The Labute approximate surface area is 275 Å². The molecule has 0 bridgehead atoms. The lowest BCUT2D eigenvalue weighted by molar-refractivity contribution is -0.143. The summed E-state index contributed by atoms with van der Waals surface area (Å²) in [4.78, 5) is 83.1. The standard InChI is InChI=1S/C30H46N6O6.2C2H6/c1-16(2)15-20(24(38)26(31)39)33-27(40)21-13-10-14-36(21)28(41)25(30(6,7)8)35-29(42)34-22(17(3)4)23(37)19-12-9-11-18(5)32-19;2*1-2/h9,11-12,16-17,20-22,25H,10,13-15H2,1-8H3,(H2,31,39)(H,33,40)(H2,34,35,42);2*1-2H3. The van der Waals surface area contributed by atoms with Crippen molar-refractivity contribution < 1.29 is 28.8 Å². The van der Waals surface area contributed by atoms with E-state index in [2.05, 4.69) is 20.9 Å². The molecule has 5 N–H and O–H groups in total. The van der Waals surface area contributed by atoms with Gasteiger partial charge in [0, 0.05) is 12.2 Å². The van der Waals surface area contributed by atoms with Crippen molar-refractivity contribution in [2.24, 2.45) is 23.0 Å². The third kappa shape index (κ3) is 12.5. The molecule has 5 amide bonds. The molecule has 12 heteroatoms. The Hall–Kier alpha value is -3.83. The lowest BCUT2D eigenvalue weighted by atomic mass is 9.85. The van der Waals surface area contributed by atoms with Crippen molar-refractivity contribution in [1.82, 2.24) is 25.8 Å². The summed E-state index contributed by atoms with van der Waals surface area (Å²) in [6.45, 7) is 22.7. The number of aromatic nitrogens is 1. The van der Waals surface area contributed by atoms with E-state index in [9.17, 15) is 28.8 Å². The molecule has 0 aromatic carbocycles. The minimum atomic E-state index is -1.14. The number of carbonyl (C=O) groups is 6. The zero-order chi connectivity index (χ0) is 35.9. The van der Waals surface area contributed by atoms with E-state index in [1.807, 2.05) is 41.5 Å². The zero-order valence-corrected chi connectivity index (χ0v) is 29.9. The fourth-order valence-electron chi connectivity index (χ4n) is 4.95. The Morgan fingerprint density at radius 1 is 0.957 bits per heavy atom. The van der Waals surface area contributed by atoms with Crippen LogP contribution in [0, 0.1) is 24.2 Å². The van der Waals surface area contributed by atoms with Crippen LogP contribution in [0.25, 0.3) is 0 Å². The number of carbonyl (C=O) groups excluding carboxylic acids is 6. The van der Waals surface area contributed by atoms with Crippen LogP contribution in [0.3, 0.4) is 0 Å². The van der Waals surface area contributed by atoms with E-state index < -0.39 is 59.1 Å². The molecule has 0 radical (unpaired) electrons. The predicted octanol–water partition coefficient (Wildman–Crippen LogP) is 3.94. The number of hydrogen-bond acceptors (Lipinski definition) is 7. The highest BCUT2D eigenvalue weighted by atomic mass is 16.2. The molecule has 1 saturated heterocycles. The number of aryl methyl sites for hydroxylation is 1. The van der Waals surface area contributed by atoms with E-state index in [0.717, 1.165) is 0 Å². The van der Waals surface area contributed by atoms with Crippen molar-refractivity contribution in [2.45, 2.75) is 127 Å². The molecule has 1 aliphatic rings. The molecule has 0 spiro atoms. The number of amides is 5. The number of hydrogen-bond donors (Lipinski definition) is 4. The predicted molar refractivity (Wildman–Crippen MR) is 180 cm³/mol. The van der Waals surface area contributed by atoms with E-state index in [4.69, 9.17) is 5.73 Å². The highest BCUT2D eigenvalue weighted by molar-refractivity contribution is 6.37. The molecule has 12 nitrogen and oxygen atoms in total. The molecule has 2 heterocycles. The number of likely N-dealkylation sites (tertiary alicyclic amines) is 1. The van der Waals surface area contributed by atoms with Gasteiger partial charge in [0.1, 0.15) is 17.8 Å². The summed E-state index contributed by atoms with van der Waals surface area (Å²) in [6.07, 6.45) is 1.11. The average molecular weight is 647 g/mol. The Kier molecular flexibility index (Phi) is 18.0. The maximum atomic E-state index is 13.8. The molecule has 1 aromatic heterocycles. The van der Waals surface area contributed by atoms with E-state index in [-0.39, 0.29) is 36.3 Å². The summed E-state index contributed by atoms with van der Waals surface area (Å²) in [6, 6.07) is 0.472. The minimum Gasteiger partial charge on any atom is -0.363 e. The Balaban J connectivity index is 0.00000486. The normalized spacial score (nSPS) is 16.1. The fourth-order valence-corrected chi connectivity index (χ4v) is 4.95. The largest absolute Gasteiger partial charge is 0.363 e. The van der Waals surface area contributed by atoms with Crippen molar-refractivity contribution in [2.75, 3.05) is 6.54 Å². The fraction of sp³-hybridized carbons (Fsp3) is 0.676. The van der Waals surface area contributed by atoms with Crippen LogP contribution in [-0.2, 0) is 19.2 Å². The SMILES string of the molecule is CC.CC.Cc1cccc(C(=O)C(NC(=O)NC(C(=O)N2CCCC2C(=O)NC(CC(C)C)C(=O)C(N)=O)C(C)(C)C)C(C)C)n1. The summed E-state index contributed by atoms with van der Waals surface area (Å²) in [5, 5.41) is 8.07. The highest BCUT2D eigenvalue weighted by Gasteiger charge is 2.43. The first-order chi connectivity index (χ1) is 21.4. The van der Waals surface area contributed by atoms with Crippen molar-refractivity contribution in [3.05, 3.63) is 29.6 Å². The van der Waals surface area contributed by atoms with Gasteiger partial charge in [-0.2, -0.15) is 0 Å². The summed E-state index contributed by atoms with van der Waals surface area (Å²) in [5.41, 5.74) is 5.33. The lowest BCUT2D eigenvalue weighted by Gasteiger charge is -2.36. The van der Waals surface area contributed by atoms with Gasteiger partial charge >= 0.3 is 6.03 Å². The number of nitrogens with two attached hydrogens (primary N) is 1. The maximum absolute atomic E-state index is 13.8. The molecule has 4 atom stereocenters. The first-order valence-corrected chi connectivity index (χ1v) is 16.4. The zero-order valence-electron chi connectivity index (χ0n) is 29.9. The quantitative estimate of drug-likeness (QED) is 0.196. The second-order valence-corrected chi connectivity index (χ2v) is 12.8. The molecule has 2 rings (SSSR count). The number of pyridine rings is 1. The number of nitrogens with one attached hydrogen (secondary N) is 3. The van der Waals surface area contributed by atoms with Gasteiger partial charge in [-0.05, 0) is 55.6 Å². The average Bonchev–Trinajstić information content (AvgIpc) is 3.49. The van der Waals surface area contributed by atoms with Gasteiger partial charge in [0.25, 0.3) is 5.91 Å². The van der Waals surface area contributed by atoms with Gasteiger partial charge in [-0.15, -0.1) is 0 Å². The minimum absolute atomic E-state index is 0.00358. The maximum Gasteiger partial charge on any atom is 0.316 e. The van der Waals surface area contributed by atoms with Crippen LogP contribution in [0.4, 0.5) is 4.79 Å². The van der Waals surface area contributed by atoms with Crippen molar-refractivity contribution in [1.29, 1.82) is 0 Å². The Morgan fingerprint density at radius 2 is 1.54 bits per heavy atom. The highest BCUT2D eigenvalue weighted by Crippen LogP contribution is 2.26. The smallest absolute Gasteiger partial charge is 0.316 e. The van der Waals surface area contributed by atoms with Crippen LogP contribution >= 0.6 is 0 Å². The molecule has 4 unspecified atom stereocenters. The molecule has 0 saturated carbocycles. The van der Waals surface area contributed by atoms with E-state index in [1.54, 1.807) is 59.7 Å². The Bertz CT molecular complexity index is 1190. The number of nitrogens with zero attached hydrogens (tertiary/aromatic N) is 2. The number of primary amides is 1. The topological polar surface area (TPSA) is 181 Å². The molecular formula is C34H58N6O6. The van der Waals surface area contributed by atoms with Crippen LogP contribution in [0.5, 0.6) is 0 Å². The molecular weight excluding hydrogens is 588 g/mol. The third-order valence-electron chi connectivity index (χ3n) is 7.19. The van der Waals surface area contributed by atoms with Gasteiger partial charge in [0.2, 0.25) is 23.4 Å². The molecule has 0 aliphatic carbocycles. The van der Waals surface area contributed by atoms with Gasteiger partial charge in [-0.3, -0.25) is 24.0 Å². The van der Waals surface area contributed by atoms with Crippen LogP contribution in [0.2, 0.25) is 0 Å². The Morgan fingerprint density at radius 3 is 2.02 bits per heavy atom. The molecule has 46 heavy (non-hydrogen) atoms. The molecule has 260 valence electrons. The van der Waals surface area contributed by atoms with Crippen LogP contribution < -0.4 is 21.7 Å². The van der Waals surface area contributed by atoms with Gasteiger partial charge < -0.3 is 26.6 Å². The summed E-state index contributed by atoms with van der Waals surface area (Å²) in [7, 11) is 0. The van der Waals surface area contributed by atoms with Crippen LogP contribution in [0.15, 0.2) is 18.2 Å². The van der Waals surface area contributed by atoms with Crippen molar-refractivity contribution in [3.8, 4) is 0 Å². The summed E-state index contributed by atoms with van der Waals surface area (Å²) < 4.78 is 0. The second-order valence-electron chi connectivity index (χ2n) is 12.8. The summed E-state index contributed by atoms with van der Waals surface area (Å²) in [5.74, 6) is -3.67. The van der Waals surface area contributed by atoms with Crippen molar-refractivity contribution >= 4 is 35.3 Å². The molecule has 1 aromatic rings. The van der Waals surface area contributed by atoms with Gasteiger partial charge in [-0.25, -0.2) is 9.78 Å². The van der Waals surface area contributed by atoms with Gasteiger partial charge in [0.05, 0.1) is 12.1 Å². The van der Waals surface area contributed by atoms with Crippen molar-refractivity contribution in [3.63, 3.8) is 0 Å². The van der Waals surface area contributed by atoms with E-state index in [0.29, 0.717) is 18.5 Å². The number of Topliss-reactive ketones (excluding diaryl/α,β-unsaturated/α-hetero) is 2. The van der Waals surface area contributed by atoms with Gasteiger partial charge in [0.15, 0.2) is 0 Å². The monoisotopic (exact) mass is 646 g/mol. The molecule has 1 aliphatic heterocycles. The summed E-state index contributed by atoms with van der Waals surface area (Å²) >= 11 is 0. The molecule has 1 fully saturated rings. The van der Waals surface area contributed by atoms with E-state index in [1.165, 1.54) is 4.90 Å². The second kappa shape index (κ2) is 19.6. The number of rotatable bonds is 12. The number of ketones is 2. The van der Waals surface area contributed by atoms with Crippen LogP contribution in [0.1, 0.15) is 112 Å². The first-order valence-electron chi connectivity index (χ1n) is 16.4. The lowest BCUT2D eigenvalue weighted by Crippen LogP contribution is -2.61. The first kappa shape index (κ1) is 42.2. The van der Waals surface area contributed by atoms with E-state index >= 15 is 0 Å².